The number of carboxylic acids is 1. The minimum atomic E-state index is -1.40. The number of carbonyl (C=O) groups is 2. The molecule has 0 fully saturated rings. The molecule has 5 nitrogen and oxygen atoms in total. The Hall–Kier alpha value is -2.17. The van der Waals surface area contributed by atoms with E-state index < -0.39 is 11.9 Å². The summed E-state index contributed by atoms with van der Waals surface area (Å²) in [6, 6.07) is 3.55. The van der Waals surface area contributed by atoms with Gasteiger partial charge < -0.3 is 15.2 Å². The highest BCUT2D eigenvalue weighted by molar-refractivity contribution is 5.93. The van der Waals surface area contributed by atoms with Crippen molar-refractivity contribution in [2.24, 2.45) is 0 Å². The summed E-state index contributed by atoms with van der Waals surface area (Å²) < 4.78 is 0. The van der Waals surface area contributed by atoms with E-state index in [0.717, 1.165) is 11.6 Å². The molecule has 0 saturated heterocycles. The van der Waals surface area contributed by atoms with Gasteiger partial charge in [0.1, 0.15) is 0 Å². The predicted molar refractivity (Wildman–Crippen MR) is 50.2 cm³/mol. The Morgan fingerprint density at radius 2 is 2.27 bits per heavy atom. The molecule has 1 aromatic heterocycles. The lowest BCUT2D eigenvalue weighted by molar-refractivity contribution is -0.297. The average molecular weight is 205 g/mol. The average Bonchev–Trinajstić information content (AvgIpc) is 2.25. The standard InChI is InChI=1S/C10H10N2O3/c13-9(3-4-10(14)15)12-7-8-2-1-5-11-6-8/h1-6H,7H2,(H,12,13)(H,14,15)/p-1. The van der Waals surface area contributed by atoms with Gasteiger partial charge in [0.2, 0.25) is 5.91 Å². The van der Waals surface area contributed by atoms with Gasteiger partial charge in [0.25, 0.3) is 0 Å². The molecule has 1 rings (SSSR count). The number of hydrogen-bond donors (Lipinski definition) is 1. The van der Waals surface area contributed by atoms with Gasteiger partial charge in [-0.1, -0.05) is 6.07 Å². The number of hydrogen-bond acceptors (Lipinski definition) is 4. The molecule has 0 atom stereocenters. The van der Waals surface area contributed by atoms with Crippen molar-refractivity contribution in [2.75, 3.05) is 0 Å². The zero-order chi connectivity index (χ0) is 11.1. The molecule has 1 N–H and O–H groups in total. The van der Waals surface area contributed by atoms with Gasteiger partial charge in [-0.05, 0) is 17.7 Å². The topological polar surface area (TPSA) is 82.1 Å². The van der Waals surface area contributed by atoms with Gasteiger partial charge in [-0.3, -0.25) is 9.78 Å². The van der Waals surface area contributed by atoms with Crippen LogP contribution in [0.3, 0.4) is 0 Å². The largest absolute Gasteiger partial charge is 0.545 e. The van der Waals surface area contributed by atoms with Crippen molar-refractivity contribution in [3.05, 3.63) is 42.2 Å². The highest BCUT2D eigenvalue weighted by atomic mass is 16.4. The summed E-state index contributed by atoms with van der Waals surface area (Å²) in [7, 11) is 0. The molecule has 0 bridgehead atoms. The van der Waals surface area contributed by atoms with Gasteiger partial charge in [0, 0.05) is 25.0 Å². The van der Waals surface area contributed by atoms with Crippen molar-refractivity contribution in [1.29, 1.82) is 0 Å². The number of aromatic nitrogens is 1. The SMILES string of the molecule is O=C([O-])C=CC(=O)NCc1cccnc1. The van der Waals surface area contributed by atoms with Crippen molar-refractivity contribution in [2.45, 2.75) is 6.54 Å². The van der Waals surface area contributed by atoms with E-state index in [9.17, 15) is 14.7 Å². The van der Waals surface area contributed by atoms with Gasteiger partial charge in [0.15, 0.2) is 0 Å². The fourth-order valence-corrected chi connectivity index (χ4v) is 0.895. The monoisotopic (exact) mass is 205 g/mol. The van der Waals surface area contributed by atoms with Crippen molar-refractivity contribution in [3.8, 4) is 0 Å². The van der Waals surface area contributed by atoms with Gasteiger partial charge in [-0.2, -0.15) is 0 Å². The molecular weight excluding hydrogens is 196 g/mol. The molecule has 0 radical (unpaired) electrons. The van der Waals surface area contributed by atoms with Crippen LogP contribution in [0.4, 0.5) is 0 Å². The van der Waals surface area contributed by atoms with Crippen molar-refractivity contribution >= 4 is 11.9 Å². The molecular formula is C10H9N2O3-. The third-order valence-corrected chi connectivity index (χ3v) is 1.56. The molecule has 78 valence electrons. The quantitative estimate of drug-likeness (QED) is 0.639. The van der Waals surface area contributed by atoms with Gasteiger partial charge in [-0.15, -0.1) is 0 Å². The van der Waals surface area contributed by atoms with Crippen LogP contribution in [0.5, 0.6) is 0 Å². The van der Waals surface area contributed by atoms with Gasteiger partial charge in [0.05, 0.1) is 5.97 Å². The van der Waals surface area contributed by atoms with E-state index in [1.807, 2.05) is 0 Å². The zero-order valence-corrected chi connectivity index (χ0v) is 7.84. The third kappa shape index (κ3) is 4.56. The highest BCUT2D eigenvalue weighted by Gasteiger charge is 1.95. The maximum absolute atomic E-state index is 11.0. The molecule has 15 heavy (non-hydrogen) atoms. The van der Waals surface area contributed by atoms with Crippen LogP contribution in [0.15, 0.2) is 36.7 Å². The Labute approximate surface area is 86.5 Å². The molecule has 0 aliphatic carbocycles. The predicted octanol–water partition coefficient (Wildman–Crippen LogP) is -0.996. The van der Waals surface area contributed by atoms with Crippen LogP contribution in [0.1, 0.15) is 5.56 Å². The smallest absolute Gasteiger partial charge is 0.244 e. The van der Waals surface area contributed by atoms with E-state index in [1.165, 1.54) is 0 Å². The van der Waals surface area contributed by atoms with Crippen LogP contribution in [0.25, 0.3) is 0 Å². The van der Waals surface area contributed by atoms with Crippen molar-refractivity contribution in [3.63, 3.8) is 0 Å². The number of aliphatic carboxylic acids is 1. The summed E-state index contributed by atoms with van der Waals surface area (Å²) in [5, 5.41) is 12.5. The first kappa shape index (κ1) is 10.9. The molecule has 5 heteroatoms. The maximum Gasteiger partial charge on any atom is 0.244 e. The number of rotatable bonds is 4. The third-order valence-electron chi connectivity index (χ3n) is 1.56. The van der Waals surface area contributed by atoms with E-state index in [-0.39, 0.29) is 0 Å². The fourth-order valence-electron chi connectivity index (χ4n) is 0.895. The summed E-state index contributed by atoms with van der Waals surface area (Å²) >= 11 is 0. The van der Waals surface area contributed by atoms with Crippen LogP contribution in [-0.4, -0.2) is 16.9 Å². The Morgan fingerprint density at radius 1 is 1.47 bits per heavy atom. The minimum absolute atomic E-state index is 0.310. The van der Waals surface area contributed by atoms with E-state index >= 15 is 0 Å². The first-order valence-corrected chi connectivity index (χ1v) is 4.24. The van der Waals surface area contributed by atoms with E-state index in [0.29, 0.717) is 12.6 Å². The number of nitrogens with one attached hydrogen (secondary N) is 1. The van der Waals surface area contributed by atoms with Crippen LogP contribution in [0.2, 0.25) is 0 Å². The van der Waals surface area contributed by atoms with Crippen LogP contribution >= 0.6 is 0 Å². The van der Waals surface area contributed by atoms with Crippen LogP contribution < -0.4 is 10.4 Å². The molecule has 0 aromatic carbocycles. The minimum Gasteiger partial charge on any atom is -0.545 e. The number of carboxylic acid groups (broad SMARTS) is 1. The summed E-state index contributed by atoms with van der Waals surface area (Å²) in [4.78, 5) is 24.9. The van der Waals surface area contributed by atoms with Crippen LogP contribution in [-0.2, 0) is 16.1 Å². The lowest BCUT2D eigenvalue weighted by Crippen LogP contribution is -2.23. The summed E-state index contributed by atoms with van der Waals surface area (Å²) in [6.07, 6.45) is 4.83. The first-order chi connectivity index (χ1) is 7.18. The lowest BCUT2D eigenvalue weighted by atomic mass is 10.3. The molecule has 1 heterocycles. The van der Waals surface area contributed by atoms with Gasteiger partial charge >= 0.3 is 0 Å². The zero-order valence-electron chi connectivity index (χ0n) is 7.84. The number of pyridine rings is 1. The van der Waals surface area contributed by atoms with E-state index in [4.69, 9.17) is 0 Å². The molecule has 0 unspecified atom stereocenters. The summed E-state index contributed by atoms with van der Waals surface area (Å²) in [5.41, 5.74) is 0.840. The van der Waals surface area contributed by atoms with Crippen LogP contribution in [0, 0.1) is 0 Å². The maximum atomic E-state index is 11.0. The van der Waals surface area contributed by atoms with Crippen molar-refractivity contribution in [1.82, 2.24) is 10.3 Å². The lowest BCUT2D eigenvalue weighted by Gasteiger charge is -2.01. The second-order valence-corrected chi connectivity index (χ2v) is 2.73. The summed E-state index contributed by atoms with van der Waals surface area (Å²) in [5.74, 6) is -1.88. The summed E-state index contributed by atoms with van der Waals surface area (Å²) in [6.45, 7) is 0.310. The normalized spacial score (nSPS) is 10.1. The molecule has 1 amide bonds. The number of amides is 1. The second-order valence-electron chi connectivity index (χ2n) is 2.73. The number of nitrogens with zero attached hydrogens (tertiary/aromatic N) is 1. The molecule has 0 spiro atoms. The fraction of sp³-hybridized carbons (Fsp3) is 0.100. The van der Waals surface area contributed by atoms with E-state index in [2.05, 4.69) is 10.3 Å². The molecule has 0 aliphatic heterocycles. The Balaban J connectivity index is 2.38. The first-order valence-electron chi connectivity index (χ1n) is 4.24. The molecule has 0 saturated carbocycles. The molecule has 1 aromatic rings. The highest BCUT2D eigenvalue weighted by Crippen LogP contribution is 1.93. The van der Waals surface area contributed by atoms with Crippen molar-refractivity contribution < 1.29 is 14.7 Å². The Kier molecular flexibility index (Phi) is 4.03. The second kappa shape index (κ2) is 5.54. The Bertz CT molecular complexity index is 374. The Morgan fingerprint density at radius 3 is 2.87 bits per heavy atom. The number of carbonyl (C=O) groups excluding carboxylic acids is 2. The molecule has 0 aliphatic rings. The van der Waals surface area contributed by atoms with Gasteiger partial charge in [-0.25, -0.2) is 0 Å². The van der Waals surface area contributed by atoms with E-state index in [1.54, 1.807) is 24.5 Å².